The molecule has 0 saturated carbocycles. The quantitative estimate of drug-likeness (QED) is 0.490. The van der Waals surface area contributed by atoms with E-state index in [9.17, 15) is 9.18 Å². The number of carbonyl (C=O) groups is 1. The molecule has 1 aliphatic rings. The maximum absolute atomic E-state index is 13.2. The summed E-state index contributed by atoms with van der Waals surface area (Å²) in [6, 6.07) is 6.28. The van der Waals surface area contributed by atoms with E-state index in [2.05, 4.69) is 26.8 Å². The number of rotatable bonds is 9. The third kappa shape index (κ3) is 4.35. The van der Waals surface area contributed by atoms with Gasteiger partial charge in [-0.05, 0) is 55.5 Å². The number of hydrogen-bond acceptors (Lipinski definition) is 4. The van der Waals surface area contributed by atoms with E-state index in [1.54, 1.807) is 30.8 Å². The van der Waals surface area contributed by atoms with Gasteiger partial charge in [0.1, 0.15) is 17.9 Å². The molecule has 1 atom stereocenters. The fourth-order valence-electron chi connectivity index (χ4n) is 3.99. The summed E-state index contributed by atoms with van der Waals surface area (Å²) in [7, 11) is 0. The van der Waals surface area contributed by atoms with E-state index < -0.39 is 5.54 Å². The summed E-state index contributed by atoms with van der Waals surface area (Å²) < 4.78 is 18.5. The van der Waals surface area contributed by atoms with Crippen LogP contribution in [0.3, 0.4) is 0 Å². The largest absolute Gasteiger partial charge is 0.445 e. The van der Waals surface area contributed by atoms with Gasteiger partial charge in [-0.25, -0.2) is 14.4 Å². The summed E-state index contributed by atoms with van der Waals surface area (Å²) in [6.45, 7) is 4.03. The number of carbonyl (C=O) groups excluding carboxylic acids is 1. The van der Waals surface area contributed by atoms with E-state index in [0.29, 0.717) is 18.7 Å². The molecule has 2 aromatic heterocycles. The minimum absolute atomic E-state index is 0.0482. The van der Waals surface area contributed by atoms with Gasteiger partial charge in [0.25, 0.3) is 0 Å². The van der Waals surface area contributed by atoms with Gasteiger partial charge in [0.15, 0.2) is 0 Å². The van der Waals surface area contributed by atoms with E-state index in [1.807, 2.05) is 0 Å². The zero-order valence-electron chi connectivity index (χ0n) is 16.8. The van der Waals surface area contributed by atoms with Crippen LogP contribution in [0.1, 0.15) is 56.7 Å². The number of halogens is 1. The van der Waals surface area contributed by atoms with Crippen molar-refractivity contribution in [3.8, 4) is 11.3 Å². The Kier molecular flexibility index (Phi) is 5.79. The zero-order valence-corrected chi connectivity index (χ0v) is 16.8. The molecule has 3 aromatic rings. The molecule has 2 N–H and O–H groups in total. The molecule has 3 heterocycles. The first-order chi connectivity index (χ1) is 14.6. The molecule has 30 heavy (non-hydrogen) atoms. The Balaban J connectivity index is 1.38. The number of oxazole rings is 1. The van der Waals surface area contributed by atoms with Crippen molar-refractivity contribution in [2.45, 2.75) is 50.5 Å². The molecule has 0 spiro atoms. The highest BCUT2D eigenvalue weighted by Crippen LogP contribution is 2.36. The third-order valence-electron chi connectivity index (χ3n) is 5.66. The minimum atomic E-state index is -0.477. The number of hydrogen-bond donors (Lipinski definition) is 2. The maximum atomic E-state index is 13.2. The summed E-state index contributed by atoms with van der Waals surface area (Å²) in [6.07, 6.45) is 10.7. The Labute approximate surface area is 174 Å². The first-order valence-electron chi connectivity index (χ1n) is 10.3. The lowest BCUT2D eigenvalue weighted by atomic mass is 9.89. The maximum Gasteiger partial charge on any atom is 0.221 e. The SMILES string of the molecule is C=C(CCCCC[C@]1(c2ncc(-c3ccc(F)cc3)[nH]2)CCC(=O)N1)c1ncco1. The number of amides is 1. The first-order valence-corrected chi connectivity index (χ1v) is 10.3. The second kappa shape index (κ2) is 8.65. The van der Waals surface area contributed by atoms with Crippen LogP contribution >= 0.6 is 0 Å². The van der Waals surface area contributed by atoms with Crippen LogP contribution in [0, 0.1) is 5.82 Å². The molecule has 4 rings (SSSR count). The summed E-state index contributed by atoms with van der Waals surface area (Å²) in [5.41, 5.74) is 2.10. The van der Waals surface area contributed by atoms with Crippen molar-refractivity contribution < 1.29 is 13.6 Å². The fraction of sp³-hybridized carbons (Fsp3) is 0.348. The molecule has 0 radical (unpaired) electrons. The number of nitrogens with zero attached hydrogens (tertiary/aromatic N) is 2. The number of H-pyrrole nitrogens is 1. The molecule has 1 aromatic carbocycles. The summed E-state index contributed by atoms with van der Waals surface area (Å²) in [5, 5.41) is 3.14. The lowest BCUT2D eigenvalue weighted by molar-refractivity contribution is -0.119. The highest BCUT2D eigenvalue weighted by Gasteiger charge is 2.41. The van der Waals surface area contributed by atoms with Crippen molar-refractivity contribution >= 4 is 11.5 Å². The summed E-state index contributed by atoms with van der Waals surface area (Å²) in [5.74, 6) is 1.13. The van der Waals surface area contributed by atoms with Crippen LogP contribution < -0.4 is 5.32 Å². The van der Waals surface area contributed by atoms with Crippen molar-refractivity contribution in [1.82, 2.24) is 20.3 Å². The van der Waals surface area contributed by atoms with Gasteiger partial charge in [-0.2, -0.15) is 0 Å². The van der Waals surface area contributed by atoms with Crippen LogP contribution in [0.15, 0.2) is 53.9 Å². The molecule has 0 unspecified atom stereocenters. The van der Waals surface area contributed by atoms with Crippen molar-refractivity contribution in [3.63, 3.8) is 0 Å². The number of nitrogens with one attached hydrogen (secondary N) is 2. The van der Waals surface area contributed by atoms with E-state index in [4.69, 9.17) is 4.42 Å². The number of unbranched alkanes of at least 4 members (excludes halogenated alkanes) is 2. The van der Waals surface area contributed by atoms with Crippen LogP contribution in [-0.4, -0.2) is 20.9 Å². The summed E-state index contributed by atoms with van der Waals surface area (Å²) in [4.78, 5) is 24.1. The van der Waals surface area contributed by atoms with Crippen LogP contribution in [0.25, 0.3) is 16.8 Å². The number of benzene rings is 1. The second-order valence-electron chi connectivity index (χ2n) is 7.78. The number of imidazole rings is 1. The van der Waals surface area contributed by atoms with Gasteiger partial charge >= 0.3 is 0 Å². The van der Waals surface area contributed by atoms with Crippen molar-refractivity contribution in [2.24, 2.45) is 0 Å². The monoisotopic (exact) mass is 408 g/mol. The Morgan fingerprint density at radius 3 is 2.73 bits per heavy atom. The molecule has 1 aliphatic heterocycles. The second-order valence-corrected chi connectivity index (χ2v) is 7.78. The van der Waals surface area contributed by atoms with Gasteiger partial charge in [0, 0.05) is 12.0 Å². The van der Waals surface area contributed by atoms with E-state index in [1.165, 1.54) is 12.1 Å². The van der Waals surface area contributed by atoms with Gasteiger partial charge in [0.05, 0.1) is 23.6 Å². The average Bonchev–Trinajstić information content (AvgIpc) is 3.50. The predicted molar refractivity (Wildman–Crippen MR) is 112 cm³/mol. The third-order valence-corrected chi connectivity index (χ3v) is 5.66. The lowest BCUT2D eigenvalue weighted by Crippen LogP contribution is -2.39. The van der Waals surface area contributed by atoms with Crippen LogP contribution in [0.2, 0.25) is 0 Å². The highest BCUT2D eigenvalue weighted by molar-refractivity contribution is 5.79. The number of aromatic nitrogens is 3. The van der Waals surface area contributed by atoms with Crippen LogP contribution in [0.5, 0.6) is 0 Å². The van der Waals surface area contributed by atoms with Gasteiger partial charge in [-0.15, -0.1) is 0 Å². The van der Waals surface area contributed by atoms with Crippen molar-refractivity contribution in [1.29, 1.82) is 0 Å². The van der Waals surface area contributed by atoms with E-state index in [-0.39, 0.29) is 11.7 Å². The van der Waals surface area contributed by atoms with Crippen molar-refractivity contribution in [2.75, 3.05) is 0 Å². The van der Waals surface area contributed by atoms with Gasteiger partial charge in [-0.3, -0.25) is 4.79 Å². The van der Waals surface area contributed by atoms with E-state index >= 15 is 0 Å². The molecule has 1 amide bonds. The Morgan fingerprint density at radius 2 is 2.03 bits per heavy atom. The molecule has 0 aliphatic carbocycles. The van der Waals surface area contributed by atoms with Gasteiger partial charge in [0.2, 0.25) is 11.8 Å². The topological polar surface area (TPSA) is 83.8 Å². The molecule has 7 heteroatoms. The highest BCUT2D eigenvalue weighted by atomic mass is 19.1. The number of allylic oxidation sites excluding steroid dienone is 1. The van der Waals surface area contributed by atoms with Crippen LogP contribution in [-0.2, 0) is 10.3 Å². The predicted octanol–water partition coefficient (Wildman–Crippen LogP) is 4.97. The zero-order chi connectivity index (χ0) is 21.0. The minimum Gasteiger partial charge on any atom is -0.445 e. The molecule has 156 valence electrons. The standard InChI is InChI=1S/C23H25FN4O2/c1-16(21-25-13-14-30-21)5-3-2-4-11-23(12-10-20(29)28-23)22-26-15-19(27-22)17-6-8-18(24)9-7-17/h6-9,13-15H,1-5,10-12H2,(H,26,27)(H,28,29)/t23-/m1/s1. The fourth-order valence-corrected chi connectivity index (χ4v) is 3.99. The average molecular weight is 408 g/mol. The molecular weight excluding hydrogens is 383 g/mol. The molecule has 0 bridgehead atoms. The van der Waals surface area contributed by atoms with Crippen molar-refractivity contribution in [3.05, 3.63) is 67.0 Å². The Hall–Kier alpha value is -3.22. The normalized spacial score (nSPS) is 18.5. The summed E-state index contributed by atoms with van der Waals surface area (Å²) >= 11 is 0. The molecular formula is C23H25FN4O2. The molecule has 1 fully saturated rings. The van der Waals surface area contributed by atoms with E-state index in [0.717, 1.165) is 54.8 Å². The van der Waals surface area contributed by atoms with Crippen LogP contribution in [0.4, 0.5) is 4.39 Å². The number of aromatic amines is 1. The Bertz CT molecular complexity index is 1010. The molecule has 1 saturated heterocycles. The Morgan fingerprint density at radius 1 is 1.20 bits per heavy atom. The van der Waals surface area contributed by atoms with Gasteiger partial charge in [-0.1, -0.05) is 19.4 Å². The van der Waals surface area contributed by atoms with Gasteiger partial charge < -0.3 is 14.7 Å². The smallest absolute Gasteiger partial charge is 0.221 e. The lowest BCUT2D eigenvalue weighted by Gasteiger charge is -2.27. The molecule has 6 nitrogen and oxygen atoms in total. The first kappa shape index (κ1) is 20.1.